The smallest absolute Gasteiger partial charge is 0.256 e. The minimum atomic E-state index is -3.40. The van der Waals surface area contributed by atoms with Crippen molar-refractivity contribution < 1.29 is 13.2 Å². The van der Waals surface area contributed by atoms with E-state index in [9.17, 15) is 13.2 Å². The number of sulfonamides is 1. The van der Waals surface area contributed by atoms with Crippen molar-refractivity contribution in [2.75, 3.05) is 12.3 Å². The molecule has 1 amide bonds. The zero-order chi connectivity index (χ0) is 18.9. The second-order valence-corrected chi connectivity index (χ2v) is 9.99. The van der Waals surface area contributed by atoms with Crippen molar-refractivity contribution in [1.29, 1.82) is 0 Å². The van der Waals surface area contributed by atoms with Crippen molar-refractivity contribution in [2.45, 2.75) is 13.1 Å². The quantitative estimate of drug-likeness (QED) is 0.747. The maximum absolute atomic E-state index is 13.2. The molecule has 2 aromatic rings. The largest absolute Gasteiger partial charge is 0.330 e. The molecule has 0 unspecified atom stereocenters. The molecule has 2 aliphatic heterocycles. The molecule has 4 heterocycles. The van der Waals surface area contributed by atoms with E-state index in [0.717, 1.165) is 9.75 Å². The number of fused-ring (bicyclic) bond motifs is 1. The van der Waals surface area contributed by atoms with E-state index in [2.05, 4.69) is 4.40 Å². The van der Waals surface area contributed by atoms with Crippen LogP contribution in [0, 0.1) is 0 Å². The van der Waals surface area contributed by atoms with E-state index in [0.29, 0.717) is 31.0 Å². The topological polar surface area (TPSA) is 70.0 Å². The summed E-state index contributed by atoms with van der Waals surface area (Å²) in [6.07, 6.45) is 4.94. The van der Waals surface area contributed by atoms with Crippen molar-refractivity contribution in [3.05, 3.63) is 68.7 Å². The highest BCUT2D eigenvalue weighted by Gasteiger charge is 2.27. The lowest BCUT2D eigenvalue weighted by Gasteiger charge is -2.29. The average Bonchev–Trinajstić information content (AvgIpc) is 3.33. The first-order valence-electron chi connectivity index (χ1n) is 8.33. The lowest BCUT2D eigenvalue weighted by Crippen LogP contribution is -2.38. The molecule has 0 spiro atoms. The highest BCUT2D eigenvalue weighted by Crippen LogP contribution is 2.22. The van der Waals surface area contributed by atoms with E-state index in [1.165, 1.54) is 0 Å². The number of hydrogen-bond donors (Lipinski definition) is 0. The Kier molecular flexibility index (Phi) is 4.98. The molecule has 0 atom stereocenters. The van der Waals surface area contributed by atoms with Gasteiger partial charge in [0.05, 0.1) is 24.4 Å². The summed E-state index contributed by atoms with van der Waals surface area (Å²) in [4.78, 5) is 19.0. The third-order valence-electron chi connectivity index (χ3n) is 4.21. The van der Waals surface area contributed by atoms with Crippen LogP contribution in [0.5, 0.6) is 0 Å². The van der Waals surface area contributed by atoms with Gasteiger partial charge in [0.1, 0.15) is 5.84 Å². The van der Waals surface area contributed by atoms with Gasteiger partial charge in [-0.25, -0.2) is 8.42 Å². The van der Waals surface area contributed by atoms with E-state index in [-0.39, 0.29) is 11.7 Å². The van der Waals surface area contributed by atoms with Crippen LogP contribution in [0.4, 0.5) is 0 Å². The van der Waals surface area contributed by atoms with Crippen molar-refractivity contribution in [2.24, 2.45) is 4.40 Å². The highest BCUT2D eigenvalue weighted by molar-refractivity contribution is 7.90. The molecule has 4 rings (SSSR count). The van der Waals surface area contributed by atoms with E-state index in [4.69, 9.17) is 0 Å². The molecule has 6 nitrogen and oxygen atoms in total. The normalized spacial score (nSPS) is 17.9. The molecule has 0 bridgehead atoms. The molecular weight excluding hydrogens is 402 g/mol. The number of amidine groups is 1. The molecule has 0 saturated heterocycles. The Morgan fingerprint density at radius 1 is 1.11 bits per heavy atom. The fraction of sp³-hybridized carbons (Fsp3) is 0.222. The van der Waals surface area contributed by atoms with E-state index >= 15 is 0 Å². The summed E-state index contributed by atoms with van der Waals surface area (Å²) >= 11 is 3.24. The standard InChI is InChI=1S/C18H17N3O3S3/c22-18(14-5-6-17-19-27(23,24)10-7-20(17)11-14)21(12-15-3-1-8-25-15)13-16-4-2-9-26-16/h1-6,8-9,11H,7,10,12-13H2. The van der Waals surface area contributed by atoms with Crippen LogP contribution in [0.3, 0.4) is 0 Å². The van der Waals surface area contributed by atoms with Crippen LogP contribution in [0.15, 0.2) is 63.3 Å². The van der Waals surface area contributed by atoms with Gasteiger partial charge < -0.3 is 9.80 Å². The molecule has 140 valence electrons. The van der Waals surface area contributed by atoms with Crippen molar-refractivity contribution in [1.82, 2.24) is 9.80 Å². The summed E-state index contributed by atoms with van der Waals surface area (Å²) in [5.74, 6) is 0.234. The van der Waals surface area contributed by atoms with Crippen LogP contribution >= 0.6 is 22.7 Å². The van der Waals surface area contributed by atoms with Gasteiger partial charge in [0, 0.05) is 22.5 Å². The number of rotatable bonds is 5. The predicted octanol–water partition coefficient (Wildman–Crippen LogP) is 2.84. The van der Waals surface area contributed by atoms with Crippen LogP contribution in [-0.4, -0.2) is 42.3 Å². The van der Waals surface area contributed by atoms with Crippen LogP contribution in [0.2, 0.25) is 0 Å². The molecule has 0 aromatic carbocycles. The lowest BCUT2D eigenvalue weighted by atomic mass is 10.1. The van der Waals surface area contributed by atoms with Gasteiger partial charge in [0.25, 0.3) is 15.9 Å². The van der Waals surface area contributed by atoms with E-state index in [1.807, 2.05) is 39.9 Å². The van der Waals surface area contributed by atoms with Gasteiger partial charge in [-0.2, -0.15) is 0 Å². The fourth-order valence-electron chi connectivity index (χ4n) is 2.89. The van der Waals surface area contributed by atoms with Crippen LogP contribution in [0.1, 0.15) is 9.75 Å². The number of carbonyl (C=O) groups is 1. The summed E-state index contributed by atoms with van der Waals surface area (Å²) in [6.45, 7) is 1.38. The number of hydrogen-bond acceptors (Lipinski definition) is 6. The Balaban J connectivity index is 1.58. The summed E-state index contributed by atoms with van der Waals surface area (Å²) in [6, 6.07) is 7.99. The maximum atomic E-state index is 13.2. The Labute approximate surface area is 165 Å². The molecule has 9 heteroatoms. The third kappa shape index (κ3) is 4.20. The Morgan fingerprint density at radius 3 is 2.37 bits per heavy atom. The number of carbonyl (C=O) groups excluding carboxylic acids is 1. The Hall–Kier alpha value is -2.23. The molecule has 0 saturated carbocycles. The first-order valence-corrected chi connectivity index (χ1v) is 11.7. The molecule has 0 aliphatic carbocycles. The van der Waals surface area contributed by atoms with Gasteiger partial charge in [-0.1, -0.05) is 12.1 Å². The van der Waals surface area contributed by atoms with E-state index in [1.54, 1.807) is 45.9 Å². The molecule has 2 aliphatic rings. The SMILES string of the molecule is O=C(C1=CN2CCS(=O)(=O)N=C2C=C1)N(Cc1cccs1)Cc1cccs1. The third-order valence-corrected chi connectivity index (χ3v) is 7.10. The number of amides is 1. The van der Waals surface area contributed by atoms with Gasteiger partial charge in [0.2, 0.25) is 0 Å². The van der Waals surface area contributed by atoms with Gasteiger partial charge >= 0.3 is 0 Å². The van der Waals surface area contributed by atoms with Crippen LogP contribution in [-0.2, 0) is 27.9 Å². The lowest BCUT2D eigenvalue weighted by molar-refractivity contribution is -0.128. The summed E-state index contributed by atoms with van der Waals surface area (Å²) < 4.78 is 27.0. The van der Waals surface area contributed by atoms with Crippen molar-refractivity contribution in [3.8, 4) is 0 Å². The monoisotopic (exact) mass is 419 g/mol. The number of thiophene rings is 2. The summed E-state index contributed by atoms with van der Waals surface area (Å²) in [7, 11) is -3.40. The molecule has 2 aromatic heterocycles. The Bertz CT molecular complexity index is 983. The highest BCUT2D eigenvalue weighted by atomic mass is 32.2. The summed E-state index contributed by atoms with van der Waals surface area (Å²) in [5, 5.41) is 4.00. The van der Waals surface area contributed by atoms with Crippen molar-refractivity contribution in [3.63, 3.8) is 0 Å². The zero-order valence-corrected chi connectivity index (χ0v) is 16.8. The molecule has 0 N–H and O–H groups in total. The van der Waals surface area contributed by atoms with E-state index < -0.39 is 10.0 Å². The molecule has 0 fully saturated rings. The first kappa shape index (κ1) is 18.1. The summed E-state index contributed by atoms with van der Waals surface area (Å²) in [5.41, 5.74) is 0.529. The molecule has 27 heavy (non-hydrogen) atoms. The maximum Gasteiger partial charge on any atom is 0.256 e. The van der Waals surface area contributed by atoms with Crippen molar-refractivity contribution >= 4 is 44.4 Å². The number of nitrogens with zero attached hydrogens (tertiary/aromatic N) is 3. The van der Waals surface area contributed by atoms with Gasteiger partial charge in [-0.15, -0.1) is 27.1 Å². The second kappa shape index (κ2) is 7.41. The zero-order valence-electron chi connectivity index (χ0n) is 14.3. The van der Waals surface area contributed by atoms with Crippen LogP contribution < -0.4 is 0 Å². The average molecular weight is 420 g/mol. The van der Waals surface area contributed by atoms with Crippen LogP contribution in [0.25, 0.3) is 0 Å². The molecule has 0 radical (unpaired) electrons. The fourth-order valence-corrected chi connectivity index (χ4v) is 5.30. The second-order valence-electron chi connectivity index (χ2n) is 6.17. The molecular formula is C18H17N3O3S3. The minimum absolute atomic E-state index is 0.0452. The van der Waals surface area contributed by atoms with Gasteiger partial charge in [-0.05, 0) is 35.0 Å². The minimum Gasteiger partial charge on any atom is -0.330 e. The predicted molar refractivity (Wildman–Crippen MR) is 108 cm³/mol. The Morgan fingerprint density at radius 2 is 1.78 bits per heavy atom. The van der Waals surface area contributed by atoms with Gasteiger partial charge in [0.15, 0.2) is 0 Å². The first-order chi connectivity index (χ1) is 13.0. The van der Waals surface area contributed by atoms with Gasteiger partial charge in [-0.3, -0.25) is 4.79 Å².